The Morgan fingerprint density at radius 2 is 2.20 bits per heavy atom. The van der Waals surface area contributed by atoms with Crippen LogP contribution in [0.15, 0.2) is 30.6 Å². The third kappa shape index (κ3) is 2.59. The van der Waals surface area contributed by atoms with Crippen LogP contribution in [0.1, 0.15) is 29.2 Å². The van der Waals surface area contributed by atoms with Gasteiger partial charge in [-0.25, -0.2) is 9.78 Å². The molecule has 6 heteroatoms. The van der Waals surface area contributed by atoms with Crippen LogP contribution < -0.4 is 9.47 Å². The highest BCUT2D eigenvalue weighted by atomic mass is 16.5. The molecule has 0 aliphatic heterocycles. The Labute approximate surface area is 116 Å². The zero-order valence-electron chi connectivity index (χ0n) is 11.5. The van der Waals surface area contributed by atoms with E-state index in [0.717, 1.165) is 0 Å². The number of rotatable bonds is 5. The molecule has 0 aliphatic rings. The van der Waals surface area contributed by atoms with E-state index in [9.17, 15) is 9.90 Å². The number of methoxy groups -OCH3 is 1. The minimum atomic E-state index is -1.06. The van der Waals surface area contributed by atoms with Gasteiger partial charge in [0, 0.05) is 19.4 Å². The van der Waals surface area contributed by atoms with Crippen molar-refractivity contribution >= 4 is 5.97 Å². The van der Waals surface area contributed by atoms with Crippen molar-refractivity contribution in [3.63, 3.8) is 0 Å². The lowest BCUT2D eigenvalue weighted by Crippen LogP contribution is -2.12. The van der Waals surface area contributed by atoms with E-state index in [2.05, 4.69) is 4.98 Å². The van der Waals surface area contributed by atoms with Gasteiger partial charge in [0.2, 0.25) is 0 Å². The van der Waals surface area contributed by atoms with Gasteiger partial charge in [-0.1, -0.05) is 6.07 Å². The zero-order valence-corrected chi connectivity index (χ0v) is 11.5. The number of imidazole rings is 1. The Kier molecular flexibility index (Phi) is 3.93. The molecule has 0 saturated carbocycles. The van der Waals surface area contributed by atoms with Crippen LogP contribution in [0.25, 0.3) is 0 Å². The SMILES string of the molecule is COc1cccc(C(=O)O)c1OC(C)c1nccn1C. The average Bonchev–Trinajstić information content (AvgIpc) is 2.85. The van der Waals surface area contributed by atoms with Crippen LogP contribution in [0.4, 0.5) is 0 Å². The van der Waals surface area contributed by atoms with E-state index >= 15 is 0 Å². The molecule has 0 aliphatic carbocycles. The van der Waals surface area contributed by atoms with Crippen molar-refractivity contribution in [2.75, 3.05) is 7.11 Å². The lowest BCUT2D eigenvalue weighted by molar-refractivity contribution is 0.0688. The number of nitrogens with zero attached hydrogens (tertiary/aromatic N) is 2. The predicted octanol–water partition coefficient (Wildman–Crippen LogP) is 2.27. The number of aromatic carboxylic acids is 1. The van der Waals surface area contributed by atoms with Crippen molar-refractivity contribution in [2.45, 2.75) is 13.0 Å². The van der Waals surface area contributed by atoms with E-state index < -0.39 is 12.1 Å². The molecule has 1 aromatic carbocycles. The fraction of sp³-hybridized carbons (Fsp3) is 0.286. The smallest absolute Gasteiger partial charge is 0.339 e. The fourth-order valence-corrected chi connectivity index (χ4v) is 1.96. The minimum absolute atomic E-state index is 0.0606. The first-order chi connectivity index (χ1) is 9.54. The summed E-state index contributed by atoms with van der Waals surface area (Å²) in [6, 6.07) is 4.75. The summed E-state index contributed by atoms with van der Waals surface area (Å²) in [6.45, 7) is 1.81. The molecule has 1 aromatic heterocycles. The molecule has 20 heavy (non-hydrogen) atoms. The van der Waals surface area contributed by atoms with E-state index in [4.69, 9.17) is 9.47 Å². The molecule has 1 atom stereocenters. The molecule has 0 bridgehead atoms. The van der Waals surface area contributed by atoms with Crippen LogP contribution in [-0.4, -0.2) is 27.7 Å². The normalized spacial score (nSPS) is 11.9. The third-order valence-electron chi connectivity index (χ3n) is 2.95. The molecule has 0 amide bonds. The Morgan fingerprint density at radius 1 is 1.45 bits per heavy atom. The standard InChI is InChI=1S/C14H16N2O4/c1-9(13-15-7-8-16(13)2)20-12-10(14(17)18)5-4-6-11(12)19-3/h4-9H,1-3H3,(H,17,18). The molecule has 0 saturated heterocycles. The first kappa shape index (κ1) is 13.9. The molecule has 0 radical (unpaired) electrons. The number of hydrogen-bond acceptors (Lipinski definition) is 4. The number of benzene rings is 1. The number of para-hydroxylation sites is 1. The molecule has 106 valence electrons. The fourth-order valence-electron chi connectivity index (χ4n) is 1.96. The summed E-state index contributed by atoms with van der Waals surface area (Å²) in [5.41, 5.74) is 0.0606. The molecule has 0 spiro atoms. The number of ether oxygens (including phenoxy) is 2. The maximum absolute atomic E-state index is 11.3. The minimum Gasteiger partial charge on any atom is -0.493 e. The first-order valence-electron chi connectivity index (χ1n) is 6.08. The van der Waals surface area contributed by atoms with Crippen molar-refractivity contribution in [3.8, 4) is 11.5 Å². The van der Waals surface area contributed by atoms with Gasteiger partial charge in [-0.3, -0.25) is 0 Å². The summed E-state index contributed by atoms with van der Waals surface area (Å²) in [5, 5.41) is 9.23. The van der Waals surface area contributed by atoms with E-state index in [-0.39, 0.29) is 11.3 Å². The highest BCUT2D eigenvalue weighted by Gasteiger charge is 2.20. The number of aromatic nitrogens is 2. The number of carboxylic acids is 1. The summed E-state index contributed by atoms with van der Waals surface area (Å²) in [5.74, 6) is 0.224. The Morgan fingerprint density at radius 3 is 2.75 bits per heavy atom. The monoisotopic (exact) mass is 276 g/mol. The summed E-state index contributed by atoms with van der Waals surface area (Å²) in [4.78, 5) is 15.5. The van der Waals surface area contributed by atoms with Gasteiger partial charge in [0.1, 0.15) is 11.4 Å². The van der Waals surface area contributed by atoms with E-state index in [0.29, 0.717) is 11.6 Å². The Bertz CT molecular complexity index is 621. The third-order valence-corrected chi connectivity index (χ3v) is 2.95. The van der Waals surface area contributed by atoms with Gasteiger partial charge >= 0.3 is 5.97 Å². The van der Waals surface area contributed by atoms with Crippen LogP contribution in [0.5, 0.6) is 11.5 Å². The van der Waals surface area contributed by atoms with Crippen molar-refractivity contribution in [1.82, 2.24) is 9.55 Å². The molecule has 6 nitrogen and oxygen atoms in total. The first-order valence-corrected chi connectivity index (χ1v) is 6.08. The average molecular weight is 276 g/mol. The predicted molar refractivity (Wildman–Crippen MR) is 72.2 cm³/mol. The zero-order chi connectivity index (χ0) is 14.7. The second-order valence-corrected chi connectivity index (χ2v) is 4.30. The summed E-state index contributed by atoms with van der Waals surface area (Å²) in [6.07, 6.45) is 3.06. The van der Waals surface area contributed by atoms with Gasteiger partial charge in [-0.2, -0.15) is 0 Å². The van der Waals surface area contributed by atoms with Crippen LogP contribution >= 0.6 is 0 Å². The molecule has 1 heterocycles. The second-order valence-electron chi connectivity index (χ2n) is 4.30. The van der Waals surface area contributed by atoms with Crippen LogP contribution in [0, 0.1) is 0 Å². The molecule has 2 aromatic rings. The van der Waals surface area contributed by atoms with E-state index in [1.54, 1.807) is 31.5 Å². The van der Waals surface area contributed by atoms with E-state index in [1.165, 1.54) is 13.2 Å². The van der Waals surface area contributed by atoms with Crippen LogP contribution in [0.2, 0.25) is 0 Å². The summed E-state index contributed by atoms with van der Waals surface area (Å²) < 4.78 is 12.8. The van der Waals surface area contributed by atoms with Gasteiger partial charge in [0.15, 0.2) is 17.6 Å². The van der Waals surface area contributed by atoms with Crippen molar-refractivity contribution < 1.29 is 19.4 Å². The lowest BCUT2D eigenvalue weighted by Gasteiger charge is -2.18. The second kappa shape index (κ2) is 5.64. The molecule has 1 N–H and O–H groups in total. The summed E-state index contributed by atoms with van der Waals surface area (Å²) >= 11 is 0. The van der Waals surface area contributed by atoms with Gasteiger partial charge in [-0.05, 0) is 19.1 Å². The highest BCUT2D eigenvalue weighted by molar-refractivity contribution is 5.92. The van der Waals surface area contributed by atoms with Gasteiger partial charge in [0.05, 0.1) is 7.11 Å². The van der Waals surface area contributed by atoms with Crippen molar-refractivity contribution in [1.29, 1.82) is 0 Å². The molecular weight excluding hydrogens is 260 g/mol. The van der Waals surface area contributed by atoms with Crippen LogP contribution in [0.3, 0.4) is 0 Å². The van der Waals surface area contributed by atoms with Crippen molar-refractivity contribution in [2.24, 2.45) is 7.05 Å². The molecule has 0 fully saturated rings. The van der Waals surface area contributed by atoms with Gasteiger partial charge in [0.25, 0.3) is 0 Å². The number of carbonyl (C=O) groups is 1. The van der Waals surface area contributed by atoms with Crippen LogP contribution in [-0.2, 0) is 7.05 Å². The van der Waals surface area contributed by atoms with Gasteiger partial charge in [-0.15, -0.1) is 0 Å². The highest BCUT2D eigenvalue weighted by Crippen LogP contribution is 2.34. The molecular formula is C14H16N2O4. The van der Waals surface area contributed by atoms with Crippen molar-refractivity contribution in [3.05, 3.63) is 42.0 Å². The largest absolute Gasteiger partial charge is 0.493 e. The Balaban J connectivity index is 2.37. The summed E-state index contributed by atoms with van der Waals surface area (Å²) in [7, 11) is 3.32. The number of hydrogen-bond donors (Lipinski definition) is 1. The molecule has 1 unspecified atom stereocenters. The topological polar surface area (TPSA) is 73.6 Å². The lowest BCUT2D eigenvalue weighted by atomic mass is 10.2. The van der Waals surface area contributed by atoms with E-state index in [1.807, 2.05) is 11.6 Å². The molecule has 2 rings (SSSR count). The Hall–Kier alpha value is -2.50. The maximum Gasteiger partial charge on any atom is 0.339 e. The number of aryl methyl sites for hydroxylation is 1. The maximum atomic E-state index is 11.3. The quantitative estimate of drug-likeness (QED) is 0.906. The van der Waals surface area contributed by atoms with Gasteiger partial charge < -0.3 is 19.1 Å². The number of carboxylic acid groups (broad SMARTS) is 1.